The quantitative estimate of drug-likeness (QED) is 0.548. The highest BCUT2D eigenvalue weighted by molar-refractivity contribution is 5.90. The van der Waals surface area contributed by atoms with Crippen LogP contribution in [0, 0.1) is 0 Å². The molecule has 0 radical (unpaired) electrons. The number of hydrogen-bond acceptors (Lipinski definition) is 2. The van der Waals surface area contributed by atoms with Gasteiger partial charge in [0.05, 0.1) is 0 Å². The average Bonchev–Trinajstić information content (AvgIpc) is 2.27. The second kappa shape index (κ2) is 5.75. The molecule has 0 saturated carbocycles. The van der Waals surface area contributed by atoms with E-state index < -0.39 is 0 Å². The van der Waals surface area contributed by atoms with Crippen LogP contribution in [0.5, 0.6) is 0 Å². The predicted octanol–water partition coefficient (Wildman–Crippen LogP) is 1.40. The van der Waals surface area contributed by atoms with E-state index in [0.717, 1.165) is 5.56 Å². The largest absolute Gasteiger partial charge is 0.338 e. The van der Waals surface area contributed by atoms with E-state index >= 15 is 0 Å². The van der Waals surface area contributed by atoms with Gasteiger partial charge in [0.2, 0.25) is 5.91 Å². The lowest BCUT2D eigenvalue weighted by molar-refractivity contribution is -0.125. The van der Waals surface area contributed by atoms with Gasteiger partial charge in [-0.1, -0.05) is 30.3 Å². The molecule has 3 heteroatoms. The van der Waals surface area contributed by atoms with E-state index in [1.54, 1.807) is 11.9 Å². The normalized spacial score (nSPS) is 10.2. The molecule has 0 N–H and O–H groups in total. The fourth-order valence-corrected chi connectivity index (χ4v) is 1.18. The molecule has 3 nitrogen and oxygen atoms in total. The van der Waals surface area contributed by atoms with Crippen LogP contribution in [0.25, 0.3) is 0 Å². The maximum Gasteiger partial charge on any atom is 0.246 e. The molecule has 0 heterocycles. The van der Waals surface area contributed by atoms with Crippen molar-refractivity contribution in [1.29, 1.82) is 0 Å². The molecule has 0 saturated heterocycles. The molecule has 1 amide bonds. The van der Waals surface area contributed by atoms with Crippen molar-refractivity contribution in [3.63, 3.8) is 0 Å². The first-order valence-corrected chi connectivity index (χ1v) is 4.65. The summed E-state index contributed by atoms with van der Waals surface area (Å²) in [4.78, 5) is 23.0. The molecule has 1 aromatic rings. The summed E-state index contributed by atoms with van der Waals surface area (Å²) < 4.78 is 0. The number of aldehydes is 1. The van der Waals surface area contributed by atoms with Crippen LogP contribution in [0.15, 0.2) is 42.5 Å². The van der Waals surface area contributed by atoms with Gasteiger partial charge in [-0.15, -0.1) is 0 Å². The molecule has 0 aliphatic rings. The summed E-state index contributed by atoms with van der Waals surface area (Å²) in [6.45, 7) is 0.545. The SMILES string of the molecule is CN(Cc1ccccc1)C(=O)/C=C\C=O. The number of carbonyl (C=O) groups excluding carboxylic acids is 2. The van der Waals surface area contributed by atoms with Crippen LogP contribution < -0.4 is 0 Å². The Hall–Kier alpha value is -1.90. The van der Waals surface area contributed by atoms with Crippen molar-refractivity contribution >= 4 is 12.2 Å². The molecule has 15 heavy (non-hydrogen) atoms. The first kappa shape index (κ1) is 11.2. The van der Waals surface area contributed by atoms with Crippen LogP contribution in [-0.4, -0.2) is 24.1 Å². The summed E-state index contributed by atoms with van der Waals surface area (Å²) in [5.74, 6) is -0.175. The van der Waals surface area contributed by atoms with Crippen molar-refractivity contribution < 1.29 is 9.59 Å². The number of benzene rings is 1. The molecule has 0 atom stereocenters. The Balaban J connectivity index is 2.56. The van der Waals surface area contributed by atoms with Crippen molar-refractivity contribution in [2.75, 3.05) is 7.05 Å². The standard InChI is InChI=1S/C12H13NO2/c1-13(12(15)8-5-9-14)10-11-6-3-2-4-7-11/h2-9H,10H2,1H3/b8-5-. The molecule has 0 aromatic heterocycles. The van der Waals surface area contributed by atoms with Crippen molar-refractivity contribution in [2.45, 2.75) is 6.54 Å². The molecular formula is C12H13NO2. The minimum atomic E-state index is -0.175. The van der Waals surface area contributed by atoms with Gasteiger partial charge in [-0.2, -0.15) is 0 Å². The van der Waals surface area contributed by atoms with Crippen molar-refractivity contribution in [3.8, 4) is 0 Å². The van der Waals surface area contributed by atoms with Crippen LogP contribution in [0.1, 0.15) is 5.56 Å². The number of hydrogen-bond donors (Lipinski definition) is 0. The van der Waals surface area contributed by atoms with Gasteiger partial charge in [0.15, 0.2) is 0 Å². The van der Waals surface area contributed by atoms with E-state index in [-0.39, 0.29) is 5.91 Å². The second-order valence-corrected chi connectivity index (χ2v) is 3.18. The van der Waals surface area contributed by atoms with Gasteiger partial charge < -0.3 is 4.90 Å². The van der Waals surface area contributed by atoms with Crippen LogP contribution in [-0.2, 0) is 16.1 Å². The highest BCUT2D eigenvalue weighted by atomic mass is 16.2. The van der Waals surface area contributed by atoms with Crippen LogP contribution >= 0.6 is 0 Å². The maximum atomic E-state index is 11.4. The number of nitrogens with zero attached hydrogens (tertiary/aromatic N) is 1. The van der Waals surface area contributed by atoms with Gasteiger partial charge in [0.25, 0.3) is 0 Å². The molecule has 78 valence electrons. The first-order valence-electron chi connectivity index (χ1n) is 4.65. The van der Waals surface area contributed by atoms with Gasteiger partial charge in [-0.25, -0.2) is 0 Å². The average molecular weight is 203 g/mol. The third-order valence-electron chi connectivity index (χ3n) is 1.96. The molecule has 0 fully saturated rings. The van der Waals surface area contributed by atoms with Gasteiger partial charge in [-0.3, -0.25) is 9.59 Å². The highest BCUT2D eigenvalue weighted by Crippen LogP contribution is 2.02. The minimum absolute atomic E-state index is 0.175. The van der Waals surface area contributed by atoms with Crippen LogP contribution in [0.3, 0.4) is 0 Å². The number of amides is 1. The lowest BCUT2D eigenvalue weighted by Gasteiger charge is -2.14. The van der Waals surface area contributed by atoms with E-state index in [0.29, 0.717) is 12.8 Å². The Bertz CT molecular complexity index is 357. The predicted molar refractivity (Wildman–Crippen MR) is 58.1 cm³/mol. The molecule has 0 spiro atoms. The number of rotatable bonds is 4. The van der Waals surface area contributed by atoms with E-state index in [1.807, 2.05) is 30.3 Å². The summed E-state index contributed by atoms with van der Waals surface area (Å²) in [7, 11) is 1.70. The second-order valence-electron chi connectivity index (χ2n) is 3.18. The topological polar surface area (TPSA) is 37.4 Å². The lowest BCUT2D eigenvalue weighted by Crippen LogP contribution is -2.24. The Morgan fingerprint density at radius 1 is 1.33 bits per heavy atom. The Labute approximate surface area is 89.0 Å². The monoisotopic (exact) mass is 203 g/mol. The fraction of sp³-hybridized carbons (Fsp3) is 0.167. The summed E-state index contributed by atoms with van der Waals surface area (Å²) in [6, 6.07) is 9.68. The van der Waals surface area contributed by atoms with E-state index in [4.69, 9.17) is 0 Å². The molecule has 0 bridgehead atoms. The van der Waals surface area contributed by atoms with Crippen LogP contribution in [0.4, 0.5) is 0 Å². The van der Waals surface area contributed by atoms with Crippen molar-refractivity contribution in [1.82, 2.24) is 4.90 Å². The van der Waals surface area contributed by atoms with E-state index in [9.17, 15) is 9.59 Å². The first-order chi connectivity index (χ1) is 7.24. The third-order valence-corrected chi connectivity index (χ3v) is 1.96. The zero-order valence-electron chi connectivity index (χ0n) is 8.59. The minimum Gasteiger partial charge on any atom is -0.338 e. The van der Waals surface area contributed by atoms with Gasteiger partial charge in [0.1, 0.15) is 6.29 Å². The smallest absolute Gasteiger partial charge is 0.246 e. The summed E-state index contributed by atoms with van der Waals surface area (Å²) >= 11 is 0. The maximum absolute atomic E-state index is 11.4. The van der Waals surface area contributed by atoms with Gasteiger partial charge in [0, 0.05) is 19.7 Å². The number of allylic oxidation sites excluding steroid dienone is 1. The molecular weight excluding hydrogens is 190 g/mol. The Kier molecular flexibility index (Phi) is 4.29. The number of likely N-dealkylation sites (N-methyl/N-ethyl adjacent to an activating group) is 1. The zero-order chi connectivity index (χ0) is 11.1. The van der Waals surface area contributed by atoms with E-state index in [2.05, 4.69) is 0 Å². The lowest BCUT2D eigenvalue weighted by atomic mass is 10.2. The highest BCUT2D eigenvalue weighted by Gasteiger charge is 2.04. The van der Waals surface area contributed by atoms with Gasteiger partial charge in [-0.05, 0) is 11.6 Å². The van der Waals surface area contributed by atoms with Crippen molar-refractivity contribution in [3.05, 3.63) is 48.0 Å². The number of carbonyl (C=O) groups is 2. The molecule has 0 aliphatic heterocycles. The summed E-state index contributed by atoms with van der Waals surface area (Å²) in [6.07, 6.45) is 3.05. The Morgan fingerprint density at radius 2 is 2.00 bits per heavy atom. The van der Waals surface area contributed by atoms with Gasteiger partial charge >= 0.3 is 0 Å². The van der Waals surface area contributed by atoms with E-state index in [1.165, 1.54) is 12.2 Å². The summed E-state index contributed by atoms with van der Waals surface area (Å²) in [5.41, 5.74) is 1.06. The molecule has 1 aromatic carbocycles. The fourth-order valence-electron chi connectivity index (χ4n) is 1.18. The third kappa shape index (κ3) is 3.77. The molecule has 0 aliphatic carbocycles. The van der Waals surface area contributed by atoms with Crippen molar-refractivity contribution in [2.24, 2.45) is 0 Å². The molecule has 0 unspecified atom stereocenters. The van der Waals surface area contributed by atoms with Crippen LogP contribution in [0.2, 0.25) is 0 Å². The summed E-state index contributed by atoms with van der Waals surface area (Å²) in [5, 5.41) is 0. The molecule has 1 rings (SSSR count). The zero-order valence-corrected chi connectivity index (χ0v) is 8.59. The Morgan fingerprint density at radius 3 is 2.60 bits per heavy atom.